The molecule has 1 aromatic rings. The van der Waals surface area contributed by atoms with Crippen molar-refractivity contribution < 1.29 is 9.53 Å². The zero-order valence-corrected chi connectivity index (χ0v) is 9.48. The predicted molar refractivity (Wildman–Crippen MR) is 61.3 cm³/mol. The van der Waals surface area contributed by atoms with Gasteiger partial charge in [0.2, 0.25) is 0 Å². The highest BCUT2D eigenvalue weighted by molar-refractivity contribution is 6.30. The van der Waals surface area contributed by atoms with Gasteiger partial charge in [0.25, 0.3) is 0 Å². The summed E-state index contributed by atoms with van der Waals surface area (Å²) in [6.07, 6.45) is -0.512. The lowest BCUT2D eigenvalue weighted by molar-refractivity contribution is 0.133. The second kappa shape index (κ2) is 4.72. The maximum absolute atomic E-state index is 11.4. The Morgan fingerprint density at radius 3 is 2.75 bits per heavy atom. The molecule has 5 heteroatoms. The molecule has 86 valence electrons. The van der Waals surface area contributed by atoms with Crippen molar-refractivity contribution in [2.75, 3.05) is 19.6 Å². The monoisotopic (exact) mass is 240 g/mol. The van der Waals surface area contributed by atoms with Crippen LogP contribution in [0.2, 0.25) is 5.02 Å². The fourth-order valence-corrected chi connectivity index (χ4v) is 1.82. The van der Waals surface area contributed by atoms with Crippen LogP contribution in [0.4, 0.5) is 4.79 Å². The van der Waals surface area contributed by atoms with E-state index < -0.39 is 0 Å². The number of rotatable bonds is 3. The fraction of sp³-hybridized carbons (Fsp3) is 0.364. The van der Waals surface area contributed by atoms with Crippen LogP contribution in [-0.4, -0.2) is 30.6 Å². The van der Waals surface area contributed by atoms with Gasteiger partial charge in [-0.05, 0) is 17.7 Å². The Labute approximate surface area is 98.9 Å². The third kappa shape index (κ3) is 2.28. The molecule has 0 spiro atoms. The minimum atomic E-state index is -0.301. The van der Waals surface area contributed by atoms with Crippen molar-refractivity contribution in [1.82, 2.24) is 4.90 Å². The molecule has 1 aliphatic heterocycles. The Hall–Kier alpha value is -1.26. The van der Waals surface area contributed by atoms with E-state index in [9.17, 15) is 4.79 Å². The topological polar surface area (TPSA) is 55.6 Å². The molecule has 1 unspecified atom stereocenters. The summed E-state index contributed by atoms with van der Waals surface area (Å²) in [4.78, 5) is 13.0. The molecule has 16 heavy (non-hydrogen) atoms. The summed E-state index contributed by atoms with van der Waals surface area (Å²) in [5.41, 5.74) is 6.36. The average molecular weight is 241 g/mol. The number of amides is 1. The molecule has 2 rings (SSSR count). The average Bonchev–Trinajstić information content (AvgIpc) is 2.62. The van der Waals surface area contributed by atoms with Crippen molar-refractivity contribution in [3.05, 3.63) is 34.9 Å². The van der Waals surface area contributed by atoms with Crippen LogP contribution in [-0.2, 0) is 4.74 Å². The lowest BCUT2D eigenvalue weighted by Gasteiger charge is -2.10. The van der Waals surface area contributed by atoms with E-state index >= 15 is 0 Å². The Balaban J connectivity index is 2.07. The molecule has 1 saturated heterocycles. The SMILES string of the molecule is NCCN1CC(c2ccc(Cl)cc2)OC1=O. The normalized spacial score (nSPS) is 20.0. The number of cyclic esters (lactones) is 1. The lowest BCUT2D eigenvalue weighted by atomic mass is 10.1. The summed E-state index contributed by atoms with van der Waals surface area (Å²) in [5.74, 6) is 0. The molecule has 1 aromatic carbocycles. The Bertz CT molecular complexity index is 380. The first-order chi connectivity index (χ1) is 7.70. The van der Waals surface area contributed by atoms with Crippen LogP contribution < -0.4 is 5.73 Å². The minimum absolute atomic E-state index is 0.212. The van der Waals surface area contributed by atoms with Crippen molar-refractivity contribution >= 4 is 17.7 Å². The number of nitrogens with zero attached hydrogens (tertiary/aromatic N) is 1. The molecule has 1 amide bonds. The molecule has 1 aliphatic rings. The van der Waals surface area contributed by atoms with E-state index in [1.165, 1.54) is 0 Å². The van der Waals surface area contributed by atoms with Crippen molar-refractivity contribution in [3.63, 3.8) is 0 Å². The summed E-state index contributed by atoms with van der Waals surface area (Å²) in [6, 6.07) is 7.31. The van der Waals surface area contributed by atoms with Crippen LogP contribution in [0.25, 0.3) is 0 Å². The van der Waals surface area contributed by atoms with Crippen LogP contribution in [0.15, 0.2) is 24.3 Å². The van der Waals surface area contributed by atoms with Gasteiger partial charge in [0.05, 0.1) is 6.54 Å². The number of halogens is 1. The van der Waals surface area contributed by atoms with Crippen LogP contribution >= 0.6 is 11.6 Å². The third-order valence-corrected chi connectivity index (χ3v) is 2.78. The summed E-state index contributed by atoms with van der Waals surface area (Å²) < 4.78 is 5.24. The van der Waals surface area contributed by atoms with Crippen molar-refractivity contribution in [3.8, 4) is 0 Å². The van der Waals surface area contributed by atoms with Gasteiger partial charge in [0, 0.05) is 18.1 Å². The molecule has 1 heterocycles. The number of carbonyl (C=O) groups excluding carboxylic acids is 1. The van der Waals surface area contributed by atoms with Crippen LogP contribution in [0.5, 0.6) is 0 Å². The van der Waals surface area contributed by atoms with Crippen LogP contribution in [0.1, 0.15) is 11.7 Å². The zero-order valence-electron chi connectivity index (χ0n) is 8.73. The lowest BCUT2D eigenvalue weighted by Crippen LogP contribution is -2.30. The second-order valence-corrected chi connectivity index (χ2v) is 4.10. The van der Waals surface area contributed by atoms with E-state index in [2.05, 4.69) is 0 Å². The van der Waals surface area contributed by atoms with Gasteiger partial charge in [-0.25, -0.2) is 4.79 Å². The van der Waals surface area contributed by atoms with Crippen molar-refractivity contribution in [2.45, 2.75) is 6.10 Å². The number of benzene rings is 1. The molecular formula is C11H13ClN2O2. The highest BCUT2D eigenvalue weighted by Crippen LogP contribution is 2.26. The Kier molecular flexibility index (Phi) is 3.31. The summed E-state index contributed by atoms with van der Waals surface area (Å²) in [7, 11) is 0. The van der Waals surface area contributed by atoms with Gasteiger partial charge >= 0.3 is 6.09 Å². The van der Waals surface area contributed by atoms with E-state index in [0.29, 0.717) is 24.7 Å². The largest absolute Gasteiger partial charge is 0.439 e. The Morgan fingerprint density at radius 2 is 2.12 bits per heavy atom. The third-order valence-electron chi connectivity index (χ3n) is 2.53. The smallest absolute Gasteiger partial charge is 0.410 e. The molecule has 0 saturated carbocycles. The molecule has 0 radical (unpaired) electrons. The number of carbonyl (C=O) groups is 1. The van der Waals surface area contributed by atoms with E-state index in [1.807, 2.05) is 12.1 Å². The van der Waals surface area contributed by atoms with E-state index in [4.69, 9.17) is 22.1 Å². The molecule has 2 N–H and O–H groups in total. The number of hydrogen-bond donors (Lipinski definition) is 1. The van der Waals surface area contributed by atoms with Crippen LogP contribution in [0.3, 0.4) is 0 Å². The number of hydrogen-bond acceptors (Lipinski definition) is 3. The minimum Gasteiger partial charge on any atom is -0.439 e. The van der Waals surface area contributed by atoms with Crippen LogP contribution in [0, 0.1) is 0 Å². The quantitative estimate of drug-likeness (QED) is 0.877. The summed E-state index contributed by atoms with van der Waals surface area (Å²) >= 11 is 5.79. The van der Waals surface area contributed by atoms with Gasteiger partial charge in [-0.3, -0.25) is 0 Å². The van der Waals surface area contributed by atoms with E-state index in [-0.39, 0.29) is 12.2 Å². The van der Waals surface area contributed by atoms with Crippen molar-refractivity contribution in [2.24, 2.45) is 5.73 Å². The molecule has 0 bridgehead atoms. The maximum atomic E-state index is 11.4. The molecule has 1 fully saturated rings. The molecule has 4 nitrogen and oxygen atoms in total. The first-order valence-corrected chi connectivity index (χ1v) is 5.49. The van der Waals surface area contributed by atoms with E-state index in [0.717, 1.165) is 5.56 Å². The van der Waals surface area contributed by atoms with Crippen molar-refractivity contribution in [1.29, 1.82) is 0 Å². The molecule has 0 aromatic heterocycles. The Morgan fingerprint density at radius 1 is 1.44 bits per heavy atom. The van der Waals surface area contributed by atoms with Gasteiger partial charge < -0.3 is 15.4 Å². The molecule has 1 atom stereocenters. The van der Waals surface area contributed by atoms with Gasteiger partial charge in [-0.1, -0.05) is 23.7 Å². The second-order valence-electron chi connectivity index (χ2n) is 3.66. The van der Waals surface area contributed by atoms with Gasteiger partial charge in [-0.15, -0.1) is 0 Å². The van der Waals surface area contributed by atoms with E-state index in [1.54, 1.807) is 17.0 Å². The first kappa shape index (κ1) is 11.2. The fourth-order valence-electron chi connectivity index (χ4n) is 1.70. The maximum Gasteiger partial charge on any atom is 0.410 e. The van der Waals surface area contributed by atoms with Gasteiger partial charge in [-0.2, -0.15) is 0 Å². The number of ether oxygens (including phenoxy) is 1. The molecular weight excluding hydrogens is 228 g/mol. The number of nitrogens with two attached hydrogens (primary N) is 1. The predicted octanol–water partition coefficient (Wildman–Crippen LogP) is 1.79. The molecule has 0 aliphatic carbocycles. The highest BCUT2D eigenvalue weighted by atomic mass is 35.5. The summed E-state index contributed by atoms with van der Waals surface area (Å²) in [6.45, 7) is 1.53. The standard InChI is InChI=1S/C11H13ClN2O2/c12-9-3-1-8(2-4-9)10-7-14(6-5-13)11(15)16-10/h1-4,10H,5-7,13H2. The summed E-state index contributed by atoms with van der Waals surface area (Å²) in [5, 5.41) is 0.673. The van der Waals surface area contributed by atoms with Gasteiger partial charge in [0.1, 0.15) is 6.10 Å². The first-order valence-electron chi connectivity index (χ1n) is 5.12. The van der Waals surface area contributed by atoms with Gasteiger partial charge in [0.15, 0.2) is 0 Å². The zero-order chi connectivity index (χ0) is 11.5. The highest BCUT2D eigenvalue weighted by Gasteiger charge is 2.31.